The van der Waals surface area contributed by atoms with Crippen LogP contribution in [0.4, 0.5) is 0 Å². The van der Waals surface area contributed by atoms with Crippen molar-refractivity contribution in [2.45, 2.75) is 18.2 Å². The van der Waals surface area contributed by atoms with Crippen molar-refractivity contribution < 1.29 is 11.7 Å². The predicted molar refractivity (Wildman–Crippen MR) is 130 cm³/mol. The van der Waals surface area contributed by atoms with Crippen molar-refractivity contribution in [3.63, 3.8) is 0 Å². The highest BCUT2D eigenvalue weighted by molar-refractivity contribution is 7.99. The minimum Gasteiger partial charge on any atom is -0.454 e. The quantitative estimate of drug-likeness (QED) is 0.294. The normalized spacial score (nSPS) is 15.4. The van der Waals surface area contributed by atoms with Crippen LogP contribution in [0.2, 0.25) is 0 Å². The van der Waals surface area contributed by atoms with Gasteiger partial charge in [-0.05, 0) is 42.6 Å². The topological polar surface area (TPSA) is 40.8 Å². The molecule has 0 saturated carbocycles. The molecule has 0 amide bonds. The molecule has 0 unspecified atom stereocenters. The van der Waals surface area contributed by atoms with Crippen LogP contribution >= 0.6 is 11.8 Å². The number of hydrogen-bond donors (Lipinski definition) is 0. The molecule has 32 heavy (non-hydrogen) atoms. The third-order valence-corrected chi connectivity index (χ3v) is 7.23. The Kier molecular flexibility index (Phi) is 3.87. The van der Waals surface area contributed by atoms with Crippen LogP contribution in [-0.2, 0) is 13.4 Å². The molecule has 3 heterocycles. The highest BCUT2D eigenvalue weighted by Crippen LogP contribution is 2.46. The van der Waals surface area contributed by atoms with E-state index in [4.69, 9.17) is 7.16 Å². The average Bonchev–Trinajstić information content (AvgIpc) is 3.36. The van der Waals surface area contributed by atoms with E-state index in [-0.39, 0.29) is 0 Å². The van der Waals surface area contributed by atoms with E-state index in [0.29, 0.717) is 22.5 Å². The Bertz CT molecular complexity index is 1680. The first-order valence-corrected chi connectivity index (χ1v) is 11.5. The Morgan fingerprint density at radius 2 is 1.81 bits per heavy atom. The molecule has 2 aromatic heterocycles. The maximum atomic E-state index is 10.0. The molecule has 0 atom stereocenters. The lowest BCUT2D eigenvalue weighted by molar-refractivity contribution is -0.660. The molecular weight excluding hydrogens is 412 g/mol. The zero-order valence-electron chi connectivity index (χ0n) is 19.8. The van der Waals surface area contributed by atoms with Gasteiger partial charge in [0.2, 0.25) is 5.69 Å². The highest BCUT2D eigenvalue weighted by Gasteiger charge is 2.25. The number of nitrogens with zero attached hydrogens (tertiary/aromatic N) is 2. The molecule has 0 aliphatic carbocycles. The second-order valence-corrected chi connectivity index (χ2v) is 9.04. The van der Waals surface area contributed by atoms with Crippen molar-refractivity contribution in [2.24, 2.45) is 7.05 Å². The van der Waals surface area contributed by atoms with E-state index in [1.807, 2.05) is 55.7 Å². The summed E-state index contributed by atoms with van der Waals surface area (Å²) in [5.41, 5.74) is 7.45. The van der Waals surface area contributed by atoms with Gasteiger partial charge in [-0.25, -0.2) is 4.57 Å². The van der Waals surface area contributed by atoms with E-state index in [1.54, 1.807) is 0 Å². The first-order chi connectivity index (χ1) is 16.4. The number of aryl methyl sites for hydroxylation is 3. The number of nitriles is 1. The fraction of sp³-hybridized carbons (Fsp3) is 0.143. The van der Waals surface area contributed by atoms with Crippen LogP contribution in [0.3, 0.4) is 0 Å². The Labute approximate surface area is 193 Å². The molecule has 5 aromatic rings. The first-order valence-electron chi connectivity index (χ1n) is 11.5. The van der Waals surface area contributed by atoms with E-state index >= 15 is 0 Å². The number of rotatable bonds is 2. The lowest BCUT2D eigenvalue weighted by Gasteiger charge is -2.10. The van der Waals surface area contributed by atoms with Crippen LogP contribution in [-0.4, -0.2) is 5.75 Å². The van der Waals surface area contributed by atoms with Gasteiger partial charge in [0.05, 0.1) is 17.2 Å². The molecule has 1 aliphatic rings. The Balaban J connectivity index is 1.73. The maximum Gasteiger partial charge on any atom is 0.216 e. The number of pyridine rings is 1. The zero-order valence-corrected chi connectivity index (χ0v) is 18.6. The number of furan rings is 1. The van der Waals surface area contributed by atoms with Crippen LogP contribution in [0, 0.1) is 18.3 Å². The van der Waals surface area contributed by atoms with Crippen LogP contribution < -0.4 is 4.57 Å². The van der Waals surface area contributed by atoms with Crippen molar-refractivity contribution in [2.75, 3.05) is 5.75 Å². The highest BCUT2D eigenvalue weighted by atomic mass is 32.2. The molecule has 0 radical (unpaired) electrons. The van der Waals surface area contributed by atoms with Crippen molar-refractivity contribution in [1.29, 1.82) is 5.26 Å². The molecule has 0 bridgehead atoms. The fourth-order valence-corrected chi connectivity index (χ4v) is 5.67. The van der Waals surface area contributed by atoms with Crippen molar-refractivity contribution in [3.05, 3.63) is 83.6 Å². The molecule has 3 nitrogen and oxygen atoms in total. The van der Waals surface area contributed by atoms with Gasteiger partial charge < -0.3 is 4.42 Å². The summed E-state index contributed by atoms with van der Waals surface area (Å²) in [5.74, 6) is 0.366. The molecule has 4 heteroatoms. The van der Waals surface area contributed by atoms with Crippen molar-refractivity contribution >= 4 is 33.7 Å². The number of fused-ring (bicyclic) bond motifs is 4. The minimum atomic E-state index is -1.39. The molecular formula is C28H21N2OS+. The summed E-state index contributed by atoms with van der Waals surface area (Å²) >= 11 is 1.51. The van der Waals surface area contributed by atoms with E-state index in [2.05, 4.69) is 35.8 Å². The van der Waals surface area contributed by atoms with Crippen LogP contribution in [0.1, 0.15) is 19.4 Å². The third kappa shape index (κ3) is 2.71. The molecule has 6 rings (SSSR count). The van der Waals surface area contributed by atoms with Crippen LogP contribution in [0.5, 0.6) is 0 Å². The maximum absolute atomic E-state index is 10.0. The number of aromatic nitrogens is 1. The fourth-order valence-electron chi connectivity index (χ4n) is 4.68. The SMILES string of the molecule is [2H]C1([2H])CSc2c(-c3c(C#N)ccc4c3oc3c(-c5cccc[n+]5C)c(C)ccc34)cccc21. The summed E-state index contributed by atoms with van der Waals surface area (Å²) in [5, 5.41) is 12.0. The Morgan fingerprint density at radius 1 is 1.00 bits per heavy atom. The van der Waals surface area contributed by atoms with Gasteiger partial charge in [0.1, 0.15) is 18.2 Å². The van der Waals surface area contributed by atoms with E-state index in [1.165, 1.54) is 11.8 Å². The molecule has 0 N–H and O–H groups in total. The molecule has 1 aliphatic heterocycles. The second kappa shape index (κ2) is 7.25. The van der Waals surface area contributed by atoms with Crippen LogP contribution in [0.25, 0.3) is 44.3 Å². The monoisotopic (exact) mass is 435 g/mol. The van der Waals surface area contributed by atoms with Gasteiger partial charge >= 0.3 is 0 Å². The zero-order chi connectivity index (χ0) is 23.6. The summed E-state index contributed by atoms with van der Waals surface area (Å²) in [6, 6.07) is 22.2. The Morgan fingerprint density at radius 3 is 2.62 bits per heavy atom. The average molecular weight is 436 g/mol. The smallest absolute Gasteiger partial charge is 0.216 e. The number of benzene rings is 3. The molecule has 0 spiro atoms. The molecule has 154 valence electrons. The number of hydrogen-bond acceptors (Lipinski definition) is 3. The second-order valence-electron chi connectivity index (χ2n) is 8.06. The van der Waals surface area contributed by atoms with Gasteiger partial charge in [-0.3, -0.25) is 0 Å². The molecule has 0 fully saturated rings. The summed E-state index contributed by atoms with van der Waals surface area (Å²) in [6.07, 6.45) is 0.630. The lowest BCUT2D eigenvalue weighted by Crippen LogP contribution is -2.30. The molecule has 0 saturated heterocycles. The van der Waals surface area contributed by atoms with Gasteiger partial charge in [0.25, 0.3) is 0 Å². The van der Waals surface area contributed by atoms with Gasteiger partial charge in [-0.2, -0.15) is 5.26 Å². The summed E-state index contributed by atoms with van der Waals surface area (Å²) in [6.45, 7) is 2.08. The number of thioether (sulfide) groups is 1. The Hall–Kier alpha value is -3.55. The van der Waals surface area contributed by atoms with Gasteiger partial charge in [-0.15, -0.1) is 11.8 Å². The summed E-state index contributed by atoms with van der Waals surface area (Å²) in [4.78, 5) is 0.891. The first kappa shape index (κ1) is 17.1. The predicted octanol–water partition coefficient (Wildman–Crippen LogP) is 6.57. The molecule has 3 aromatic carbocycles. The summed E-state index contributed by atoms with van der Waals surface area (Å²) in [7, 11) is 2.02. The van der Waals surface area contributed by atoms with E-state index in [9.17, 15) is 5.26 Å². The van der Waals surface area contributed by atoms with Crippen LogP contribution in [0.15, 0.2) is 76.2 Å². The standard InChI is InChI=1S/C28H21N2OS/c1-17-9-11-20-21-12-10-19(16-29)25(22-7-5-6-18-13-15-32-28(18)22)27(21)31-26(20)24(17)23-8-3-4-14-30(23)2/h3-12,14H,13,15H2,1-2H3/q+1/i13D2. The van der Waals surface area contributed by atoms with E-state index in [0.717, 1.165) is 49.2 Å². The van der Waals surface area contributed by atoms with Gasteiger partial charge in [0.15, 0.2) is 6.20 Å². The lowest BCUT2D eigenvalue weighted by atomic mass is 9.95. The summed E-state index contributed by atoms with van der Waals surface area (Å²) < 4.78 is 25.5. The third-order valence-electron chi connectivity index (χ3n) is 6.21. The largest absolute Gasteiger partial charge is 0.454 e. The van der Waals surface area contributed by atoms with Crippen molar-refractivity contribution in [3.8, 4) is 28.5 Å². The minimum absolute atomic E-state index is 0.366. The van der Waals surface area contributed by atoms with Gasteiger partial charge in [0, 0.05) is 47.4 Å². The van der Waals surface area contributed by atoms with E-state index < -0.39 is 6.37 Å². The van der Waals surface area contributed by atoms with Gasteiger partial charge in [-0.1, -0.05) is 30.3 Å². The van der Waals surface area contributed by atoms with Crippen molar-refractivity contribution in [1.82, 2.24) is 0 Å².